The number of urea groups is 1. The number of aromatic nitrogens is 1. The van der Waals surface area contributed by atoms with E-state index in [0.29, 0.717) is 24.9 Å². The molecule has 1 aliphatic rings. The lowest BCUT2D eigenvalue weighted by Gasteiger charge is -2.30. The molecule has 2 amide bonds. The summed E-state index contributed by atoms with van der Waals surface area (Å²) in [5.41, 5.74) is 19.9. The highest BCUT2D eigenvalue weighted by Crippen LogP contribution is 2.44. The molecule has 0 saturated heterocycles. The molecule has 0 unspecified atom stereocenters. The number of carbonyl (C=O) groups excluding carboxylic acids is 1. The van der Waals surface area contributed by atoms with Crippen LogP contribution in [0.3, 0.4) is 0 Å². The first-order valence-corrected chi connectivity index (χ1v) is 12.6. The van der Waals surface area contributed by atoms with Crippen molar-refractivity contribution in [3.8, 4) is 17.0 Å². The maximum absolute atomic E-state index is 12.1. The van der Waals surface area contributed by atoms with E-state index in [1.165, 1.54) is 6.42 Å². The van der Waals surface area contributed by atoms with Gasteiger partial charge in [-0.05, 0) is 63.8 Å². The summed E-state index contributed by atoms with van der Waals surface area (Å²) in [7, 11) is 1.73. The largest absolute Gasteiger partial charge is 0.494 e. The molecular formula is C27H37N7O2. The van der Waals surface area contributed by atoms with E-state index >= 15 is 0 Å². The molecule has 36 heavy (non-hydrogen) atoms. The maximum Gasteiger partial charge on any atom is 0.319 e. The molecule has 3 aromatic rings. The normalized spacial score (nSPS) is 14.1. The van der Waals surface area contributed by atoms with E-state index in [2.05, 4.69) is 31.8 Å². The van der Waals surface area contributed by atoms with Crippen LogP contribution in [0.25, 0.3) is 22.2 Å². The quantitative estimate of drug-likeness (QED) is 0.120. The average molecular weight is 492 g/mol. The summed E-state index contributed by atoms with van der Waals surface area (Å²) in [6, 6.07) is 14.2. The standard InChI is InChI=1S/C27H37N7O2/c1-17(2)31-27(35)32-19-11-9-18(10-12-19)26-25(29)22-14-13-21(36-15-5-8-24(28)33-30-3)16-23(22)34(26)20-6-4-7-20/h9-14,16-17,20,30H,4-8,15,29H2,1-3H3,(H2,28,33)(H2,31,32,35). The Hall–Kier alpha value is -3.88. The Labute approximate surface area is 212 Å². The highest BCUT2D eigenvalue weighted by Gasteiger charge is 2.27. The van der Waals surface area contributed by atoms with Crippen molar-refractivity contribution in [2.45, 2.75) is 58.0 Å². The van der Waals surface area contributed by atoms with E-state index in [9.17, 15) is 4.79 Å². The van der Waals surface area contributed by atoms with Crippen molar-refractivity contribution in [3.63, 3.8) is 0 Å². The fraction of sp³-hybridized carbons (Fsp3) is 0.407. The van der Waals surface area contributed by atoms with Crippen LogP contribution >= 0.6 is 0 Å². The van der Waals surface area contributed by atoms with E-state index in [1.807, 2.05) is 50.2 Å². The molecule has 4 rings (SSSR count). The SMILES string of the molecule is CNN=C(N)CCCOc1ccc2c(N)c(-c3ccc(NC(=O)NC(C)C)cc3)n(C3CCC3)c2c1. The molecule has 192 valence electrons. The van der Waals surface area contributed by atoms with Crippen LogP contribution in [0.2, 0.25) is 0 Å². The number of hydrazone groups is 1. The molecule has 1 saturated carbocycles. The summed E-state index contributed by atoms with van der Waals surface area (Å²) >= 11 is 0. The smallest absolute Gasteiger partial charge is 0.319 e. The Kier molecular flexibility index (Phi) is 7.87. The van der Waals surface area contributed by atoms with Crippen molar-refractivity contribution in [2.24, 2.45) is 10.8 Å². The lowest BCUT2D eigenvalue weighted by atomic mass is 9.92. The lowest BCUT2D eigenvalue weighted by Crippen LogP contribution is -2.34. The van der Waals surface area contributed by atoms with Crippen molar-refractivity contribution in [3.05, 3.63) is 42.5 Å². The lowest BCUT2D eigenvalue weighted by molar-refractivity contribution is 0.250. The molecule has 0 radical (unpaired) electrons. The Morgan fingerprint density at radius 2 is 1.94 bits per heavy atom. The zero-order valence-corrected chi connectivity index (χ0v) is 21.3. The van der Waals surface area contributed by atoms with Crippen LogP contribution < -0.4 is 32.3 Å². The maximum atomic E-state index is 12.1. The molecule has 1 aromatic heterocycles. The first-order chi connectivity index (χ1) is 17.4. The van der Waals surface area contributed by atoms with Gasteiger partial charge in [-0.3, -0.25) is 0 Å². The van der Waals surface area contributed by atoms with Gasteiger partial charge < -0.3 is 36.8 Å². The summed E-state index contributed by atoms with van der Waals surface area (Å²) in [4.78, 5) is 12.1. The number of nitrogen functional groups attached to an aromatic ring is 1. The van der Waals surface area contributed by atoms with Crippen molar-refractivity contribution in [1.29, 1.82) is 0 Å². The number of nitrogens with one attached hydrogen (secondary N) is 3. The number of nitrogens with zero attached hydrogens (tertiary/aromatic N) is 2. The summed E-state index contributed by atoms with van der Waals surface area (Å²) in [5.74, 6) is 1.38. The van der Waals surface area contributed by atoms with Crippen molar-refractivity contribution in [1.82, 2.24) is 15.3 Å². The van der Waals surface area contributed by atoms with Gasteiger partial charge in [0.1, 0.15) is 11.6 Å². The number of hydrogen-bond donors (Lipinski definition) is 5. The Morgan fingerprint density at radius 3 is 2.58 bits per heavy atom. The number of carbonyl (C=O) groups is 1. The van der Waals surface area contributed by atoms with Gasteiger partial charge in [-0.2, -0.15) is 5.10 Å². The van der Waals surface area contributed by atoms with Crippen LogP contribution in [0.5, 0.6) is 5.75 Å². The molecule has 7 N–H and O–H groups in total. The predicted octanol–water partition coefficient (Wildman–Crippen LogP) is 4.80. The van der Waals surface area contributed by atoms with Gasteiger partial charge in [0.25, 0.3) is 0 Å². The van der Waals surface area contributed by atoms with E-state index in [-0.39, 0.29) is 12.1 Å². The number of fused-ring (bicyclic) bond motifs is 1. The molecule has 0 aliphatic heterocycles. The van der Waals surface area contributed by atoms with Crippen molar-refractivity contribution < 1.29 is 9.53 Å². The fourth-order valence-corrected chi connectivity index (χ4v) is 4.51. The zero-order chi connectivity index (χ0) is 25.7. The van der Waals surface area contributed by atoms with Gasteiger partial charge in [0.05, 0.1) is 23.5 Å². The second kappa shape index (κ2) is 11.2. The van der Waals surface area contributed by atoms with Gasteiger partial charge in [-0.15, -0.1) is 0 Å². The van der Waals surface area contributed by atoms with E-state index < -0.39 is 0 Å². The highest BCUT2D eigenvalue weighted by atomic mass is 16.5. The van der Waals surface area contributed by atoms with Crippen molar-refractivity contribution in [2.75, 3.05) is 24.7 Å². The Morgan fingerprint density at radius 1 is 1.19 bits per heavy atom. The summed E-state index contributed by atoms with van der Waals surface area (Å²) in [6.07, 6.45) is 4.91. The van der Waals surface area contributed by atoms with Gasteiger partial charge in [0.2, 0.25) is 0 Å². The van der Waals surface area contributed by atoms with Gasteiger partial charge in [0, 0.05) is 48.3 Å². The minimum absolute atomic E-state index is 0.0708. The molecule has 1 heterocycles. The monoisotopic (exact) mass is 491 g/mol. The molecule has 9 nitrogen and oxygen atoms in total. The summed E-state index contributed by atoms with van der Waals surface area (Å²) < 4.78 is 8.40. The number of anilines is 2. The molecule has 0 atom stereocenters. The van der Waals surface area contributed by atoms with E-state index in [4.69, 9.17) is 16.2 Å². The van der Waals surface area contributed by atoms with Crippen LogP contribution in [-0.4, -0.2) is 36.1 Å². The molecule has 0 bridgehead atoms. The number of amidine groups is 1. The molecule has 1 aliphatic carbocycles. The summed E-state index contributed by atoms with van der Waals surface area (Å²) in [6.45, 7) is 4.41. The van der Waals surface area contributed by atoms with Gasteiger partial charge in [0.15, 0.2) is 0 Å². The van der Waals surface area contributed by atoms with E-state index in [0.717, 1.165) is 58.5 Å². The topological polar surface area (TPSA) is 132 Å². The van der Waals surface area contributed by atoms with Crippen LogP contribution in [0.1, 0.15) is 52.0 Å². The van der Waals surface area contributed by atoms with Crippen LogP contribution in [-0.2, 0) is 0 Å². The van der Waals surface area contributed by atoms with Gasteiger partial charge in [-0.1, -0.05) is 12.1 Å². The summed E-state index contributed by atoms with van der Waals surface area (Å²) in [5, 5.41) is 10.7. The average Bonchev–Trinajstić information content (AvgIpc) is 3.07. The first-order valence-electron chi connectivity index (χ1n) is 12.6. The predicted molar refractivity (Wildman–Crippen MR) is 147 cm³/mol. The molecule has 9 heteroatoms. The number of nitrogens with two attached hydrogens (primary N) is 2. The van der Waals surface area contributed by atoms with Crippen LogP contribution in [0, 0.1) is 0 Å². The van der Waals surface area contributed by atoms with Crippen LogP contribution in [0.15, 0.2) is 47.6 Å². The van der Waals surface area contributed by atoms with Gasteiger partial charge >= 0.3 is 6.03 Å². The third kappa shape index (κ3) is 5.67. The highest BCUT2D eigenvalue weighted by molar-refractivity contribution is 6.02. The molecular weight excluding hydrogens is 454 g/mol. The Bertz CT molecular complexity index is 1230. The number of rotatable bonds is 10. The van der Waals surface area contributed by atoms with Crippen LogP contribution in [0.4, 0.5) is 16.2 Å². The fourth-order valence-electron chi connectivity index (χ4n) is 4.51. The molecule has 0 spiro atoms. The number of hydrogen-bond acceptors (Lipinski definition) is 5. The number of ether oxygens (including phenoxy) is 1. The third-order valence-electron chi connectivity index (χ3n) is 6.39. The first kappa shape index (κ1) is 25.2. The Balaban J connectivity index is 1.58. The second-order valence-corrected chi connectivity index (χ2v) is 9.51. The van der Waals surface area contributed by atoms with Crippen molar-refractivity contribution >= 4 is 34.1 Å². The molecule has 1 fully saturated rings. The zero-order valence-electron chi connectivity index (χ0n) is 21.3. The molecule has 2 aromatic carbocycles. The van der Waals surface area contributed by atoms with E-state index in [1.54, 1.807) is 7.05 Å². The number of benzene rings is 2. The van der Waals surface area contributed by atoms with Gasteiger partial charge in [-0.25, -0.2) is 4.79 Å². The minimum atomic E-state index is -0.217. The number of amides is 2. The minimum Gasteiger partial charge on any atom is -0.494 e. The third-order valence-corrected chi connectivity index (χ3v) is 6.39. The second-order valence-electron chi connectivity index (χ2n) is 9.51.